The van der Waals surface area contributed by atoms with Crippen molar-refractivity contribution in [3.8, 4) is 17.2 Å². The van der Waals surface area contributed by atoms with E-state index in [0.29, 0.717) is 41.9 Å². The van der Waals surface area contributed by atoms with E-state index in [0.717, 1.165) is 11.1 Å². The van der Waals surface area contributed by atoms with E-state index in [1.807, 2.05) is 6.07 Å². The summed E-state index contributed by atoms with van der Waals surface area (Å²) in [6.07, 6.45) is 0. The van der Waals surface area contributed by atoms with E-state index in [4.69, 9.17) is 14.2 Å². The van der Waals surface area contributed by atoms with Crippen molar-refractivity contribution >= 4 is 5.96 Å². The third-order valence-corrected chi connectivity index (χ3v) is 4.17. The number of rotatable bonds is 7. The molecule has 0 amide bonds. The quantitative estimate of drug-likeness (QED) is 0.575. The molecule has 0 bridgehead atoms. The van der Waals surface area contributed by atoms with E-state index < -0.39 is 0 Å². The van der Waals surface area contributed by atoms with Crippen LogP contribution in [0, 0.1) is 12.7 Å². The average Bonchev–Trinajstić information content (AvgIpc) is 2.70. The number of aryl methyl sites for hydroxylation is 1. The monoisotopic (exact) mass is 375 g/mol. The predicted octanol–water partition coefficient (Wildman–Crippen LogP) is 3.03. The fraction of sp³-hybridized carbons (Fsp3) is 0.350. The molecule has 0 saturated heterocycles. The van der Waals surface area contributed by atoms with E-state index in [9.17, 15) is 4.39 Å². The van der Waals surface area contributed by atoms with Gasteiger partial charge in [0, 0.05) is 25.7 Å². The molecular weight excluding hydrogens is 349 g/mol. The van der Waals surface area contributed by atoms with Crippen molar-refractivity contribution in [3.63, 3.8) is 0 Å². The lowest BCUT2D eigenvalue weighted by Gasteiger charge is -2.17. The molecule has 6 nitrogen and oxygen atoms in total. The van der Waals surface area contributed by atoms with Gasteiger partial charge in [-0.25, -0.2) is 4.39 Å². The van der Waals surface area contributed by atoms with Crippen LogP contribution >= 0.6 is 0 Å². The van der Waals surface area contributed by atoms with E-state index in [-0.39, 0.29) is 5.82 Å². The summed E-state index contributed by atoms with van der Waals surface area (Å²) in [6, 6.07) is 8.75. The van der Waals surface area contributed by atoms with Gasteiger partial charge in [0.05, 0.1) is 33.4 Å². The van der Waals surface area contributed by atoms with Gasteiger partial charge in [-0.2, -0.15) is 0 Å². The highest BCUT2D eigenvalue weighted by molar-refractivity contribution is 5.79. The Bertz CT molecular complexity index is 784. The van der Waals surface area contributed by atoms with Gasteiger partial charge in [-0.1, -0.05) is 12.1 Å². The summed E-state index contributed by atoms with van der Waals surface area (Å²) in [6.45, 7) is 2.62. The zero-order chi connectivity index (χ0) is 19.8. The molecule has 7 heteroatoms. The fourth-order valence-electron chi connectivity index (χ4n) is 2.58. The standard InChI is InChI=1S/C20H26FN3O3/c1-13-6-7-14(8-17(13)21)11-23-20(22-2)24-12-16-18(26-4)9-15(25-3)10-19(16)27-5/h6-10H,11-12H2,1-5H3,(H2,22,23,24). The van der Waals surface area contributed by atoms with Crippen molar-refractivity contribution in [2.24, 2.45) is 4.99 Å². The van der Waals surface area contributed by atoms with Crippen LogP contribution in [0.1, 0.15) is 16.7 Å². The third-order valence-electron chi connectivity index (χ3n) is 4.17. The van der Waals surface area contributed by atoms with Crippen molar-refractivity contribution in [2.45, 2.75) is 20.0 Å². The number of hydrogen-bond acceptors (Lipinski definition) is 4. The number of nitrogens with zero attached hydrogens (tertiary/aromatic N) is 1. The lowest BCUT2D eigenvalue weighted by Crippen LogP contribution is -2.36. The van der Waals surface area contributed by atoms with E-state index in [1.54, 1.807) is 53.5 Å². The van der Waals surface area contributed by atoms with Gasteiger partial charge in [-0.3, -0.25) is 4.99 Å². The van der Waals surface area contributed by atoms with Gasteiger partial charge in [-0.05, 0) is 24.1 Å². The van der Waals surface area contributed by atoms with Gasteiger partial charge >= 0.3 is 0 Å². The Labute approximate surface area is 159 Å². The lowest BCUT2D eigenvalue weighted by molar-refractivity contribution is 0.368. The highest BCUT2D eigenvalue weighted by Crippen LogP contribution is 2.33. The molecule has 0 spiro atoms. The van der Waals surface area contributed by atoms with Crippen LogP contribution in [-0.4, -0.2) is 34.3 Å². The van der Waals surface area contributed by atoms with E-state index >= 15 is 0 Å². The summed E-state index contributed by atoms with van der Waals surface area (Å²) in [4.78, 5) is 4.20. The maximum absolute atomic E-state index is 13.7. The largest absolute Gasteiger partial charge is 0.496 e. The van der Waals surface area contributed by atoms with Crippen molar-refractivity contribution < 1.29 is 18.6 Å². The number of guanidine groups is 1. The Morgan fingerprint density at radius 1 is 0.963 bits per heavy atom. The molecule has 0 radical (unpaired) electrons. The minimum atomic E-state index is -0.218. The van der Waals surface area contributed by atoms with Crippen LogP contribution in [-0.2, 0) is 13.1 Å². The molecule has 146 valence electrons. The Kier molecular flexibility index (Phi) is 7.28. The summed E-state index contributed by atoms with van der Waals surface area (Å²) in [5, 5.41) is 6.38. The number of methoxy groups -OCH3 is 3. The fourth-order valence-corrected chi connectivity index (χ4v) is 2.58. The van der Waals surface area contributed by atoms with Crippen LogP contribution in [0.5, 0.6) is 17.2 Å². The highest BCUT2D eigenvalue weighted by Gasteiger charge is 2.13. The van der Waals surface area contributed by atoms with Gasteiger partial charge in [0.15, 0.2) is 5.96 Å². The first-order valence-corrected chi connectivity index (χ1v) is 8.50. The Balaban J connectivity index is 2.06. The van der Waals surface area contributed by atoms with Gasteiger partial charge in [0.25, 0.3) is 0 Å². The third kappa shape index (κ3) is 5.26. The molecule has 0 aromatic heterocycles. The molecule has 0 aliphatic rings. The molecular formula is C20H26FN3O3. The van der Waals surface area contributed by atoms with Crippen LogP contribution < -0.4 is 24.8 Å². The molecule has 0 unspecified atom stereocenters. The molecule has 0 fully saturated rings. The minimum Gasteiger partial charge on any atom is -0.496 e. The van der Waals surface area contributed by atoms with Gasteiger partial charge in [0.2, 0.25) is 0 Å². The Morgan fingerprint density at radius 3 is 2.11 bits per heavy atom. The maximum Gasteiger partial charge on any atom is 0.191 e. The zero-order valence-electron chi connectivity index (χ0n) is 16.4. The second-order valence-electron chi connectivity index (χ2n) is 5.87. The number of aliphatic imine (C=N–C) groups is 1. The molecule has 0 heterocycles. The summed E-state index contributed by atoms with van der Waals surface area (Å²) in [5.74, 6) is 2.31. The normalized spacial score (nSPS) is 11.1. The number of benzene rings is 2. The molecule has 2 rings (SSSR count). The first-order chi connectivity index (χ1) is 13.0. The van der Waals surface area contributed by atoms with Crippen LogP contribution in [0.4, 0.5) is 4.39 Å². The smallest absolute Gasteiger partial charge is 0.191 e. The van der Waals surface area contributed by atoms with Crippen molar-refractivity contribution in [2.75, 3.05) is 28.4 Å². The first kappa shape index (κ1) is 20.4. The summed E-state index contributed by atoms with van der Waals surface area (Å²) in [5.41, 5.74) is 2.30. The minimum absolute atomic E-state index is 0.218. The van der Waals surface area contributed by atoms with Crippen LogP contribution in [0.3, 0.4) is 0 Å². The molecule has 27 heavy (non-hydrogen) atoms. The van der Waals surface area contributed by atoms with Gasteiger partial charge in [-0.15, -0.1) is 0 Å². The second-order valence-corrected chi connectivity index (χ2v) is 5.87. The maximum atomic E-state index is 13.7. The number of nitrogens with one attached hydrogen (secondary N) is 2. The first-order valence-electron chi connectivity index (χ1n) is 8.50. The molecule has 2 N–H and O–H groups in total. The molecule has 0 aliphatic carbocycles. The van der Waals surface area contributed by atoms with Crippen molar-refractivity contribution in [1.29, 1.82) is 0 Å². The zero-order valence-corrected chi connectivity index (χ0v) is 16.4. The van der Waals surface area contributed by atoms with Crippen LogP contribution in [0.2, 0.25) is 0 Å². The highest BCUT2D eigenvalue weighted by atomic mass is 19.1. The SMILES string of the molecule is CN=C(NCc1ccc(C)c(F)c1)NCc1c(OC)cc(OC)cc1OC. The topological polar surface area (TPSA) is 64.1 Å². The van der Waals surface area contributed by atoms with Crippen LogP contribution in [0.25, 0.3) is 0 Å². The van der Waals surface area contributed by atoms with Gasteiger partial charge in [0.1, 0.15) is 23.1 Å². The molecule has 2 aromatic rings. The van der Waals surface area contributed by atoms with Gasteiger partial charge < -0.3 is 24.8 Å². The van der Waals surface area contributed by atoms with Crippen molar-refractivity contribution in [3.05, 3.63) is 52.8 Å². The summed E-state index contributed by atoms with van der Waals surface area (Å²) in [7, 11) is 6.45. The number of ether oxygens (including phenoxy) is 3. The van der Waals surface area contributed by atoms with Crippen LogP contribution in [0.15, 0.2) is 35.3 Å². The van der Waals surface area contributed by atoms with E-state index in [2.05, 4.69) is 15.6 Å². The molecule has 0 aliphatic heterocycles. The molecule has 2 aromatic carbocycles. The summed E-state index contributed by atoms with van der Waals surface area (Å²) >= 11 is 0. The Morgan fingerprint density at radius 2 is 1.59 bits per heavy atom. The number of halogens is 1. The average molecular weight is 375 g/mol. The van der Waals surface area contributed by atoms with Crippen molar-refractivity contribution in [1.82, 2.24) is 10.6 Å². The molecule has 0 atom stereocenters. The van der Waals surface area contributed by atoms with E-state index in [1.165, 1.54) is 6.07 Å². The molecule has 0 saturated carbocycles. The predicted molar refractivity (Wildman–Crippen MR) is 104 cm³/mol. The lowest BCUT2D eigenvalue weighted by atomic mass is 10.1. The summed E-state index contributed by atoms with van der Waals surface area (Å²) < 4.78 is 29.8. The Hall–Kier alpha value is -2.96. The second kappa shape index (κ2) is 9.66. The number of hydrogen-bond donors (Lipinski definition) is 2.